The van der Waals surface area contributed by atoms with Crippen LogP contribution in [0, 0.1) is 18.8 Å². The van der Waals surface area contributed by atoms with Crippen molar-refractivity contribution in [2.75, 3.05) is 13.6 Å². The Bertz CT molecular complexity index is 823. The highest BCUT2D eigenvalue weighted by Gasteiger charge is 2.18. The highest BCUT2D eigenvalue weighted by atomic mass is 32.2. The van der Waals surface area contributed by atoms with Gasteiger partial charge >= 0.3 is 5.00 Å². The molecule has 3 rings (SSSR count). The predicted molar refractivity (Wildman–Crippen MR) is 103 cm³/mol. The van der Waals surface area contributed by atoms with Crippen molar-refractivity contribution in [3.63, 3.8) is 0 Å². The minimum Gasteiger partial charge on any atom is -0.310 e. The average Bonchev–Trinajstić information content (AvgIpc) is 3.01. The first-order valence-corrected chi connectivity index (χ1v) is 9.63. The zero-order chi connectivity index (χ0) is 17.1. The number of thiazole rings is 1. The number of nitrogens with zero attached hydrogens (tertiary/aromatic N) is 4. The third-order valence-electron chi connectivity index (χ3n) is 3.26. The molecule has 1 aromatic heterocycles. The van der Waals surface area contributed by atoms with Crippen LogP contribution in [-0.4, -0.2) is 33.5 Å². The highest BCUT2D eigenvalue weighted by molar-refractivity contribution is 8.38. The summed E-state index contributed by atoms with van der Waals surface area (Å²) >= 11 is 4.23. The largest absolute Gasteiger partial charge is 0.331 e. The van der Waals surface area contributed by atoms with Crippen LogP contribution in [0.3, 0.4) is 0 Å². The van der Waals surface area contributed by atoms with Crippen LogP contribution >= 0.6 is 35.0 Å². The number of aromatic nitrogens is 1. The van der Waals surface area contributed by atoms with Gasteiger partial charge in [0.05, 0.1) is 12.2 Å². The van der Waals surface area contributed by atoms with Gasteiger partial charge in [-0.25, -0.2) is 9.98 Å². The molecule has 0 bridgehead atoms. The second-order valence-electron chi connectivity index (χ2n) is 5.15. The molecular weight excluding hydrogens is 362 g/mol. The van der Waals surface area contributed by atoms with Crippen LogP contribution in [0.4, 0.5) is 10.7 Å². The first kappa shape index (κ1) is 17.1. The third kappa shape index (κ3) is 4.03. The lowest BCUT2D eigenvalue weighted by molar-refractivity contribution is -0.424. The van der Waals surface area contributed by atoms with Crippen molar-refractivity contribution in [3.05, 3.63) is 40.4 Å². The van der Waals surface area contributed by atoms with E-state index in [4.69, 9.17) is 4.99 Å². The summed E-state index contributed by atoms with van der Waals surface area (Å²) in [5.41, 5.74) is 3.29. The van der Waals surface area contributed by atoms with Gasteiger partial charge in [-0.2, -0.15) is 0 Å². The second kappa shape index (κ2) is 7.45. The lowest BCUT2D eigenvalue weighted by Gasteiger charge is -2.15. The van der Waals surface area contributed by atoms with E-state index in [1.165, 1.54) is 42.1 Å². The van der Waals surface area contributed by atoms with Crippen LogP contribution in [0.5, 0.6) is 0 Å². The van der Waals surface area contributed by atoms with Crippen LogP contribution in [0.25, 0.3) is 0 Å². The average molecular weight is 379 g/mol. The van der Waals surface area contributed by atoms with Gasteiger partial charge in [0.2, 0.25) is 0 Å². The fourth-order valence-corrected chi connectivity index (χ4v) is 4.75. The van der Waals surface area contributed by atoms with Gasteiger partial charge in [-0.1, -0.05) is 18.2 Å². The van der Waals surface area contributed by atoms with E-state index < -0.39 is 0 Å². The van der Waals surface area contributed by atoms with Crippen molar-refractivity contribution in [2.24, 2.45) is 9.98 Å². The maximum Gasteiger partial charge on any atom is 0.331 e. The minimum absolute atomic E-state index is 0.503. The summed E-state index contributed by atoms with van der Waals surface area (Å²) in [5.74, 6) is 0.834. The zero-order valence-corrected chi connectivity index (χ0v) is 15.9. The summed E-state index contributed by atoms with van der Waals surface area (Å²) in [5, 5.41) is 0.587. The molecule has 6 nitrogen and oxygen atoms in total. The minimum atomic E-state index is 0.503. The fourth-order valence-electron chi connectivity index (χ4n) is 2.05. The Labute approximate surface area is 152 Å². The molecule has 0 aliphatic carbocycles. The molecule has 9 heteroatoms. The topological polar surface area (TPSA) is 69.7 Å². The molecule has 0 radical (unpaired) electrons. The number of nitroso groups, excluding NO2 is 1. The van der Waals surface area contributed by atoms with E-state index in [9.17, 15) is 4.91 Å². The maximum absolute atomic E-state index is 11.2. The first-order valence-electron chi connectivity index (χ1n) is 7.18. The van der Waals surface area contributed by atoms with E-state index in [-0.39, 0.29) is 0 Å². The van der Waals surface area contributed by atoms with E-state index in [1.807, 2.05) is 6.07 Å². The molecule has 0 unspecified atom stereocenters. The monoisotopic (exact) mass is 378 g/mol. The Kier molecular flexibility index (Phi) is 5.32. The zero-order valence-electron chi connectivity index (χ0n) is 13.4. The number of para-hydroxylation sites is 1. The molecule has 0 fully saturated rings. The van der Waals surface area contributed by atoms with Gasteiger partial charge in [-0.05, 0) is 48.1 Å². The Morgan fingerprint density at radius 3 is 2.67 bits per heavy atom. The summed E-state index contributed by atoms with van der Waals surface area (Å²) in [6, 6.07) is 6.14. The number of amidine groups is 1. The predicted octanol–water partition coefficient (Wildman–Crippen LogP) is 4.23. The Hall–Kier alpha value is -1.71. The lowest BCUT2D eigenvalue weighted by Crippen LogP contribution is -2.25. The summed E-state index contributed by atoms with van der Waals surface area (Å²) < 4.78 is 5.72. The Morgan fingerprint density at radius 1 is 1.33 bits per heavy atom. The van der Waals surface area contributed by atoms with Gasteiger partial charge < -0.3 is 4.72 Å². The van der Waals surface area contributed by atoms with E-state index in [0.29, 0.717) is 11.5 Å². The number of aliphatic imine (C=N–C) groups is 2. The van der Waals surface area contributed by atoms with E-state index in [1.54, 1.807) is 6.20 Å². The molecule has 24 heavy (non-hydrogen) atoms. The molecule has 1 aliphatic rings. The lowest BCUT2D eigenvalue weighted by atomic mass is 10.1. The summed E-state index contributed by atoms with van der Waals surface area (Å²) in [7, 11) is 1.46. The van der Waals surface area contributed by atoms with Crippen molar-refractivity contribution in [3.8, 4) is 0 Å². The molecule has 124 valence electrons. The maximum atomic E-state index is 11.2. The molecule has 0 saturated heterocycles. The van der Waals surface area contributed by atoms with Crippen LogP contribution in [-0.2, 0) is 0 Å². The molecule has 0 atom stereocenters. The standard InChI is InChI=1S/C15H16N5OS3/c1-9-5-4-6-10(2)13(9)18-11-7-16-15(24-19-11)23-14-17-8-12(22-14)20(3)21/h4-6,8H,7H2,1-3H3,(H,18,19)/q+1. The normalized spacial score (nSPS) is 16.0. The number of aryl methyl sites for hydroxylation is 2. The molecule has 1 N–H and O–H groups in total. The smallest absolute Gasteiger partial charge is 0.310 e. The van der Waals surface area contributed by atoms with E-state index in [0.717, 1.165) is 36.1 Å². The van der Waals surface area contributed by atoms with Gasteiger partial charge in [0.1, 0.15) is 12.0 Å². The van der Waals surface area contributed by atoms with Crippen LogP contribution in [0.1, 0.15) is 11.1 Å². The molecule has 2 aromatic rings. The quantitative estimate of drug-likeness (QED) is 0.639. The van der Waals surface area contributed by atoms with Crippen molar-refractivity contribution < 1.29 is 4.76 Å². The van der Waals surface area contributed by atoms with Crippen LogP contribution in [0.2, 0.25) is 0 Å². The fraction of sp³-hybridized carbons (Fsp3) is 0.267. The van der Waals surface area contributed by atoms with Crippen molar-refractivity contribution >= 4 is 55.9 Å². The number of benzene rings is 1. The summed E-state index contributed by atoms with van der Waals surface area (Å²) in [4.78, 5) is 24.7. The SMILES string of the molecule is Cc1cccc(C)c1N=C1CN=C(Sc2ncc([N+](C)=O)s2)SN1. The van der Waals surface area contributed by atoms with Crippen molar-refractivity contribution in [2.45, 2.75) is 18.2 Å². The molecular formula is C15H16N5OS3+. The molecule has 2 heterocycles. The van der Waals surface area contributed by atoms with Gasteiger partial charge in [-0.15, -0.1) is 0 Å². The number of hydrogen-bond acceptors (Lipinski definition) is 7. The van der Waals surface area contributed by atoms with Gasteiger partial charge in [0, 0.05) is 21.6 Å². The second-order valence-corrected chi connectivity index (χ2v) is 8.45. The summed E-state index contributed by atoms with van der Waals surface area (Å²) in [6.45, 7) is 4.61. The molecule has 0 saturated carbocycles. The van der Waals surface area contributed by atoms with Crippen LogP contribution in [0.15, 0.2) is 38.7 Å². The van der Waals surface area contributed by atoms with Gasteiger partial charge in [-0.3, -0.25) is 4.99 Å². The summed E-state index contributed by atoms with van der Waals surface area (Å²) in [6.07, 6.45) is 1.58. The molecule has 0 spiro atoms. The first-order chi connectivity index (χ1) is 11.5. The number of hydrogen-bond donors (Lipinski definition) is 1. The van der Waals surface area contributed by atoms with E-state index in [2.05, 4.69) is 40.7 Å². The third-order valence-corrected chi connectivity index (χ3v) is 6.33. The number of nitrogens with one attached hydrogen (secondary N) is 1. The van der Waals surface area contributed by atoms with Crippen LogP contribution < -0.4 is 4.72 Å². The van der Waals surface area contributed by atoms with Gasteiger partial charge in [0.15, 0.2) is 15.8 Å². The molecule has 1 aliphatic heterocycles. The number of thioether (sulfide) groups is 1. The van der Waals surface area contributed by atoms with E-state index >= 15 is 0 Å². The van der Waals surface area contributed by atoms with Crippen molar-refractivity contribution in [1.82, 2.24) is 9.71 Å². The highest BCUT2D eigenvalue weighted by Crippen LogP contribution is 2.33. The van der Waals surface area contributed by atoms with Gasteiger partial charge in [0.25, 0.3) is 0 Å². The number of rotatable bonds is 3. The Morgan fingerprint density at radius 2 is 2.08 bits per heavy atom. The molecule has 1 aromatic carbocycles. The Balaban J connectivity index is 1.69. The van der Waals surface area contributed by atoms with Crippen molar-refractivity contribution in [1.29, 1.82) is 0 Å². The molecule has 0 amide bonds.